The fraction of sp³-hybridized carbons (Fsp3) is 0.727. The number of amides is 2. The van der Waals surface area contributed by atoms with Crippen LogP contribution in [0.25, 0.3) is 0 Å². The summed E-state index contributed by atoms with van der Waals surface area (Å²) in [6.45, 7) is 3.51. The molecule has 96 valence electrons. The third kappa shape index (κ3) is 2.75. The van der Waals surface area contributed by atoms with Gasteiger partial charge in [0.05, 0.1) is 5.92 Å². The van der Waals surface area contributed by atoms with Crippen LogP contribution in [-0.4, -0.2) is 46.9 Å². The van der Waals surface area contributed by atoms with Crippen LogP contribution in [0.2, 0.25) is 0 Å². The maximum Gasteiger partial charge on any atom is 0.329 e. The van der Waals surface area contributed by atoms with Gasteiger partial charge in [-0.2, -0.15) is 0 Å². The smallest absolute Gasteiger partial charge is 0.329 e. The summed E-state index contributed by atoms with van der Waals surface area (Å²) in [6.07, 6.45) is 0.451. The molecule has 1 aliphatic rings. The van der Waals surface area contributed by atoms with E-state index in [4.69, 9.17) is 5.11 Å². The van der Waals surface area contributed by atoms with Gasteiger partial charge in [0.15, 0.2) is 0 Å². The number of carboxylic acids is 1. The molecule has 17 heavy (non-hydrogen) atoms. The Hall–Kier alpha value is -1.59. The number of likely N-dealkylation sites (tertiary alicyclic amines) is 1. The van der Waals surface area contributed by atoms with Crippen LogP contribution in [0.5, 0.6) is 0 Å². The molecule has 2 unspecified atom stereocenters. The molecular weight excluding hydrogens is 224 g/mol. The van der Waals surface area contributed by atoms with Gasteiger partial charge in [0.25, 0.3) is 0 Å². The van der Waals surface area contributed by atoms with E-state index in [1.807, 2.05) is 0 Å². The molecule has 6 nitrogen and oxygen atoms in total. The number of rotatable bonds is 4. The van der Waals surface area contributed by atoms with Crippen molar-refractivity contribution in [1.29, 1.82) is 0 Å². The summed E-state index contributed by atoms with van der Waals surface area (Å²) in [5.74, 6) is -1.96. The van der Waals surface area contributed by atoms with Gasteiger partial charge in [-0.05, 0) is 13.3 Å². The second-order valence-corrected chi connectivity index (χ2v) is 4.66. The lowest BCUT2D eigenvalue weighted by atomic mass is 9.97. The van der Waals surface area contributed by atoms with Crippen molar-refractivity contribution in [2.24, 2.45) is 5.92 Å². The van der Waals surface area contributed by atoms with E-state index in [0.717, 1.165) is 0 Å². The van der Waals surface area contributed by atoms with Gasteiger partial charge >= 0.3 is 5.97 Å². The molecule has 1 heterocycles. The van der Waals surface area contributed by atoms with Gasteiger partial charge in [-0.1, -0.05) is 6.92 Å². The fourth-order valence-corrected chi connectivity index (χ4v) is 1.71. The zero-order chi connectivity index (χ0) is 13.2. The molecule has 0 radical (unpaired) electrons. The Morgan fingerprint density at radius 1 is 1.59 bits per heavy atom. The number of carbonyl (C=O) groups excluding carboxylic acids is 2. The predicted molar refractivity (Wildman–Crippen MR) is 60.2 cm³/mol. The van der Waals surface area contributed by atoms with Crippen molar-refractivity contribution in [3.05, 3.63) is 0 Å². The van der Waals surface area contributed by atoms with Crippen molar-refractivity contribution in [3.8, 4) is 0 Å². The van der Waals surface area contributed by atoms with Crippen LogP contribution < -0.4 is 5.32 Å². The first kappa shape index (κ1) is 13.5. The predicted octanol–water partition coefficient (Wildman–Crippen LogP) is -0.166. The lowest BCUT2D eigenvalue weighted by molar-refractivity contribution is -0.147. The van der Waals surface area contributed by atoms with Crippen molar-refractivity contribution in [1.82, 2.24) is 10.2 Å². The zero-order valence-electron chi connectivity index (χ0n) is 10.3. The van der Waals surface area contributed by atoms with E-state index in [2.05, 4.69) is 5.32 Å². The van der Waals surface area contributed by atoms with Gasteiger partial charge in [0.2, 0.25) is 11.8 Å². The number of hydrogen-bond donors (Lipinski definition) is 2. The summed E-state index contributed by atoms with van der Waals surface area (Å²) in [5, 5.41) is 11.5. The molecule has 0 spiro atoms. The molecule has 2 amide bonds. The molecule has 0 aromatic carbocycles. The minimum Gasteiger partial charge on any atom is -0.480 e. The zero-order valence-corrected chi connectivity index (χ0v) is 10.3. The summed E-state index contributed by atoms with van der Waals surface area (Å²) < 4.78 is 0. The van der Waals surface area contributed by atoms with Gasteiger partial charge in [-0.25, -0.2) is 4.79 Å². The summed E-state index contributed by atoms with van der Waals surface area (Å²) in [4.78, 5) is 35.7. The maximum atomic E-state index is 11.9. The van der Waals surface area contributed by atoms with Crippen LogP contribution in [0.1, 0.15) is 26.7 Å². The van der Waals surface area contributed by atoms with Crippen LogP contribution in [0.4, 0.5) is 0 Å². The number of nitrogens with zero attached hydrogens (tertiary/aromatic N) is 1. The van der Waals surface area contributed by atoms with Gasteiger partial charge in [-0.3, -0.25) is 9.59 Å². The van der Waals surface area contributed by atoms with E-state index >= 15 is 0 Å². The van der Waals surface area contributed by atoms with Crippen molar-refractivity contribution < 1.29 is 19.5 Å². The third-order valence-corrected chi connectivity index (χ3v) is 3.29. The molecule has 1 saturated heterocycles. The van der Waals surface area contributed by atoms with E-state index < -0.39 is 17.4 Å². The largest absolute Gasteiger partial charge is 0.480 e. The molecule has 0 bridgehead atoms. The van der Waals surface area contributed by atoms with Crippen molar-refractivity contribution in [3.63, 3.8) is 0 Å². The summed E-state index contributed by atoms with van der Waals surface area (Å²) in [5.41, 5.74) is -1.26. The number of aliphatic carboxylic acids is 1. The Labute approximate surface area is 100.0 Å². The first-order valence-corrected chi connectivity index (χ1v) is 5.59. The van der Waals surface area contributed by atoms with E-state index in [1.165, 1.54) is 11.8 Å². The lowest BCUT2D eigenvalue weighted by Gasteiger charge is -2.26. The molecule has 0 aromatic rings. The minimum absolute atomic E-state index is 0.0846. The Balaban J connectivity index is 2.67. The van der Waals surface area contributed by atoms with Crippen LogP contribution >= 0.6 is 0 Å². The van der Waals surface area contributed by atoms with Gasteiger partial charge in [0.1, 0.15) is 5.54 Å². The Morgan fingerprint density at radius 2 is 2.18 bits per heavy atom. The number of carbonyl (C=O) groups is 3. The maximum absolute atomic E-state index is 11.9. The third-order valence-electron chi connectivity index (χ3n) is 3.29. The normalized spacial score (nSPS) is 23.4. The van der Waals surface area contributed by atoms with Crippen LogP contribution in [-0.2, 0) is 14.4 Å². The molecule has 2 N–H and O–H groups in total. The molecule has 0 aromatic heterocycles. The van der Waals surface area contributed by atoms with Crippen molar-refractivity contribution in [2.75, 3.05) is 13.6 Å². The average molecular weight is 242 g/mol. The molecular formula is C11H18N2O4. The second kappa shape index (κ2) is 4.73. The molecule has 6 heteroatoms. The molecule has 1 fully saturated rings. The summed E-state index contributed by atoms with van der Waals surface area (Å²) in [7, 11) is 1.63. The molecule has 2 atom stereocenters. The SMILES string of the molecule is CCC(C)(NC(=O)C1CC(=O)N(C)C1)C(=O)O. The summed E-state index contributed by atoms with van der Waals surface area (Å²) in [6, 6.07) is 0. The summed E-state index contributed by atoms with van der Waals surface area (Å²) >= 11 is 0. The van der Waals surface area contributed by atoms with Crippen LogP contribution in [0, 0.1) is 5.92 Å². The van der Waals surface area contributed by atoms with E-state index in [-0.39, 0.29) is 18.2 Å². The highest BCUT2D eigenvalue weighted by Crippen LogP contribution is 2.18. The van der Waals surface area contributed by atoms with Crippen LogP contribution in [0.15, 0.2) is 0 Å². The standard InChI is InChI=1S/C11H18N2O4/c1-4-11(2,10(16)17)12-9(15)7-5-8(14)13(3)6-7/h7H,4-6H2,1-3H3,(H,12,15)(H,16,17). The monoisotopic (exact) mass is 242 g/mol. The van der Waals surface area contributed by atoms with Gasteiger partial charge in [-0.15, -0.1) is 0 Å². The first-order valence-electron chi connectivity index (χ1n) is 5.59. The quantitative estimate of drug-likeness (QED) is 0.717. The first-order chi connectivity index (χ1) is 7.80. The Bertz CT molecular complexity index is 355. The highest BCUT2D eigenvalue weighted by Gasteiger charge is 2.38. The topological polar surface area (TPSA) is 86.7 Å². The molecule has 1 aliphatic heterocycles. The lowest BCUT2D eigenvalue weighted by Crippen LogP contribution is -2.53. The number of hydrogen-bond acceptors (Lipinski definition) is 3. The molecule has 0 saturated carbocycles. The van der Waals surface area contributed by atoms with E-state index in [1.54, 1.807) is 14.0 Å². The number of carboxylic acid groups (broad SMARTS) is 1. The fourth-order valence-electron chi connectivity index (χ4n) is 1.71. The van der Waals surface area contributed by atoms with E-state index in [9.17, 15) is 14.4 Å². The second-order valence-electron chi connectivity index (χ2n) is 4.66. The Morgan fingerprint density at radius 3 is 2.53 bits per heavy atom. The minimum atomic E-state index is -1.26. The van der Waals surface area contributed by atoms with E-state index in [0.29, 0.717) is 13.0 Å². The molecule has 0 aliphatic carbocycles. The highest BCUT2D eigenvalue weighted by molar-refractivity contribution is 5.92. The van der Waals surface area contributed by atoms with Crippen molar-refractivity contribution in [2.45, 2.75) is 32.2 Å². The number of nitrogens with one attached hydrogen (secondary N) is 1. The van der Waals surface area contributed by atoms with Gasteiger partial charge in [0, 0.05) is 20.0 Å². The van der Waals surface area contributed by atoms with Crippen LogP contribution in [0.3, 0.4) is 0 Å². The molecule has 1 rings (SSSR count). The van der Waals surface area contributed by atoms with Crippen molar-refractivity contribution >= 4 is 17.8 Å². The highest BCUT2D eigenvalue weighted by atomic mass is 16.4. The average Bonchev–Trinajstić information content (AvgIpc) is 2.59. The Kier molecular flexibility index (Phi) is 3.75. The van der Waals surface area contributed by atoms with Gasteiger partial charge < -0.3 is 15.3 Å².